The fraction of sp³-hybridized carbons (Fsp3) is 0.278. The predicted octanol–water partition coefficient (Wildman–Crippen LogP) is 3.33. The maximum Gasteiger partial charge on any atom is 0.340 e. The van der Waals surface area contributed by atoms with Gasteiger partial charge in [0.15, 0.2) is 0 Å². The Morgan fingerprint density at radius 3 is 2.58 bits per heavy atom. The van der Waals surface area contributed by atoms with E-state index in [4.69, 9.17) is 4.74 Å². The number of carbonyl (C=O) groups is 2. The van der Waals surface area contributed by atoms with Crippen molar-refractivity contribution in [1.29, 1.82) is 0 Å². The Balaban J connectivity index is 2.11. The number of esters is 1. The number of aromatic nitrogens is 1. The molecule has 0 radical (unpaired) electrons. The topological polar surface area (TPSA) is 80.3 Å². The molecule has 1 heterocycles. The van der Waals surface area contributed by atoms with Crippen LogP contribution in [0.25, 0.3) is 0 Å². The number of benzene rings is 1. The molecule has 0 aliphatic rings. The molecule has 0 aliphatic carbocycles. The number of hydrogen-bond donors (Lipinski definition) is 2. The molecule has 24 heavy (non-hydrogen) atoms. The fourth-order valence-electron chi connectivity index (χ4n) is 2.07. The zero-order valence-electron chi connectivity index (χ0n) is 13.8. The third kappa shape index (κ3) is 4.55. The maximum atomic E-state index is 12.3. The Morgan fingerprint density at radius 2 is 1.92 bits per heavy atom. The smallest absolute Gasteiger partial charge is 0.340 e. The van der Waals surface area contributed by atoms with Gasteiger partial charge < -0.3 is 15.4 Å². The number of hydrogen-bond acceptors (Lipinski definition) is 5. The molecule has 0 spiro atoms. The van der Waals surface area contributed by atoms with Gasteiger partial charge in [-0.1, -0.05) is 19.1 Å². The summed E-state index contributed by atoms with van der Waals surface area (Å²) in [5.74, 6) is -0.853. The van der Waals surface area contributed by atoms with E-state index in [1.165, 1.54) is 0 Å². The number of rotatable bonds is 7. The highest BCUT2D eigenvalue weighted by molar-refractivity contribution is 6.07. The van der Waals surface area contributed by atoms with Crippen molar-refractivity contribution in [2.75, 3.05) is 23.8 Å². The number of amides is 1. The van der Waals surface area contributed by atoms with E-state index in [2.05, 4.69) is 22.5 Å². The van der Waals surface area contributed by atoms with Crippen LogP contribution < -0.4 is 10.6 Å². The van der Waals surface area contributed by atoms with Crippen LogP contribution >= 0.6 is 0 Å². The summed E-state index contributed by atoms with van der Waals surface area (Å²) in [6.45, 7) is 4.93. The van der Waals surface area contributed by atoms with Gasteiger partial charge in [-0.25, -0.2) is 9.78 Å². The summed E-state index contributed by atoms with van der Waals surface area (Å²) in [6.07, 6.45) is 2.62. The Hall–Kier alpha value is -2.89. The minimum absolute atomic E-state index is 0.273. The summed E-state index contributed by atoms with van der Waals surface area (Å²) in [5, 5.41) is 5.90. The molecule has 2 N–H and O–H groups in total. The van der Waals surface area contributed by atoms with E-state index in [1.54, 1.807) is 49.5 Å². The number of para-hydroxylation sites is 1. The molecule has 0 saturated carbocycles. The first-order valence-electron chi connectivity index (χ1n) is 7.93. The number of ether oxygens (including phenoxy) is 1. The van der Waals surface area contributed by atoms with E-state index < -0.39 is 5.97 Å². The molecule has 2 aromatic rings. The second-order valence-electron chi connectivity index (χ2n) is 5.08. The van der Waals surface area contributed by atoms with E-state index in [0.717, 1.165) is 18.7 Å². The van der Waals surface area contributed by atoms with Crippen LogP contribution in [0.5, 0.6) is 0 Å². The first-order chi connectivity index (χ1) is 11.7. The molecule has 0 bridgehead atoms. The quantitative estimate of drug-likeness (QED) is 0.762. The predicted molar refractivity (Wildman–Crippen MR) is 93.4 cm³/mol. The number of pyridine rings is 1. The van der Waals surface area contributed by atoms with Crippen molar-refractivity contribution in [3.63, 3.8) is 0 Å². The summed E-state index contributed by atoms with van der Waals surface area (Å²) in [7, 11) is 0. The molecule has 1 aromatic heterocycles. The Labute approximate surface area is 141 Å². The zero-order chi connectivity index (χ0) is 17.4. The second-order valence-corrected chi connectivity index (χ2v) is 5.08. The molecular formula is C18H21N3O3. The van der Waals surface area contributed by atoms with Crippen molar-refractivity contribution in [3.05, 3.63) is 53.9 Å². The van der Waals surface area contributed by atoms with Gasteiger partial charge >= 0.3 is 5.97 Å². The monoisotopic (exact) mass is 327 g/mol. The van der Waals surface area contributed by atoms with Gasteiger partial charge in [0.25, 0.3) is 5.91 Å². The molecule has 2 rings (SSSR count). The van der Waals surface area contributed by atoms with Crippen molar-refractivity contribution in [1.82, 2.24) is 4.98 Å². The summed E-state index contributed by atoms with van der Waals surface area (Å²) in [4.78, 5) is 28.4. The zero-order valence-corrected chi connectivity index (χ0v) is 13.8. The molecule has 0 fully saturated rings. The average molecular weight is 327 g/mol. The van der Waals surface area contributed by atoms with Gasteiger partial charge in [-0.2, -0.15) is 0 Å². The summed E-state index contributed by atoms with van der Waals surface area (Å²) >= 11 is 0. The summed E-state index contributed by atoms with van der Waals surface area (Å²) in [6, 6.07) is 10.2. The van der Waals surface area contributed by atoms with Crippen LogP contribution in [0, 0.1) is 0 Å². The lowest BCUT2D eigenvalue weighted by molar-refractivity contribution is 0.0527. The third-order valence-electron chi connectivity index (χ3n) is 3.25. The lowest BCUT2D eigenvalue weighted by Gasteiger charge is -2.10. The van der Waals surface area contributed by atoms with Gasteiger partial charge in [-0.05, 0) is 37.6 Å². The highest BCUT2D eigenvalue weighted by atomic mass is 16.5. The van der Waals surface area contributed by atoms with Crippen LogP contribution in [0.2, 0.25) is 0 Å². The van der Waals surface area contributed by atoms with E-state index in [1.807, 2.05) is 0 Å². The van der Waals surface area contributed by atoms with E-state index in [-0.39, 0.29) is 18.2 Å². The molecule has 0 atom stereocenters. The molecule has 6 heteroatoms. The average Bonchev–Trinajstić information content (AvgIpc) is 2.61. The standard InChI is InChI=1S/C18H21N3O3/c1-3-11-19-13-9-10-16(20-12-13)17(22)21-15-8-6-5-7-14(15)18(23)24-4-2/h5-10,12,19H,3-4,11H2,1-2H3,(H,21,22). The molecule has 0 aliphatic heterocycles. The van der Waals surface area contributed by atoms with E-state index >= 15 is 0 Å². The molecular weight excluding hydrogens is 306 g/mol. The van der Waals surface area contributed by atoms with Crippen LogP contribution in [0.4, 0.5) is 11.4 Å². The molecule has 6 nitrogen and oxygen atoms in total. The minimum atomic E-state index is -0.472. The van der Waals surface area contributed by atoms with Crippen molar-refractivity contribution in [2.24, 2.45) is 0 Å². The largest absolute Gasteiger partial charge is 0.462 e. The van der Waals surface area contributed by atoms with Gasteiger partial charge in [0.2, 0.25) is 0 Å². The van der Waals surface area contributed by atoms with Crippen molar-refractivity contribution < 1.29 is 14.3 Å². The number of carbonyl (C=O) groups excluding carboxylic acids is 2. The molecule has 126 valence electrons. The third-order valence-corrected chi connectivity index (χ3v) is 3.25. The molecule has 0 saturated heterocycles. The summed E-state index contributed by atoms with van der Waals surface area (Å²) < 4.78 is 4.99. The number of anilines is 2. The Morgan fingerprint density at radius 1 is 1.12 bits per heavy atom. The SMILES string of the molecule is CCCNc1ccc(C(=O)Nc2ccccc2C(=O)OCC)nc1. The Bertz CT molecular complexity index is 699. The normalized spacial score (nSPS) is 10.1. The minimum Gasteiger partial charge on any atom is -0.462 e. The molecule has 1 aromatic carbocycles. The highest BCUT2D eigenvalue weighted by Gasteiger charge is 2.15. The van der Waals surface area contributed by atoms with Gasteiger partial charge in [0.05, 0.1) is 29.7 Å². The van der Waals surface area contributed by atoms with Crippen LogP contribution in [0.3, 0.4) is 0 Å². The number of nitrogens with zero attached hydrogens (tertiary/aromatic N) is 1. The Kier molecular flexibility index (Phi) is 6.31. The maximum absolute atomic E-state index is 12.3. The van der Waals surface area contributed by atoms with Crippen molar-refractivity contribution in [3.8, 4) is 0 Å². The molecule has 0 unspecified atom stereocenters. The van der Waals surface area contributed by atoms with Crippen LogP contribution in [0.15, 0.2) is 42.6 Å². The van der Waals surface area contributed by atoms with E-state index in [0.29, 0.717) is 11.3 Å². The van der Waals surface area contributed by atoms with Crippen LogP contribution in [0.1, 0.15) is 41.1 Å². The molecule has 1 amide bonds. The van der Waals surface area contributed by atoms with Crippen LogP contribution in [-0.2, 0) is 4.74 Å². The fourth-order valence-corrected chi connectivity index (χ4v) is 2.07. The van der Waals surface area contributed by atoms with Crippen molar-refractivity contribution in [2.45, 2.75) is 20.3 Å². The van der Waals surface area contributed by atoms with Gasteiger partial charge in [-0.3, -0.25) is 4.79 Å². The highest BCUT2D eigenvalue weighted by Crippen LogP contribution is 2.17. The van der Waals surface area contributed by atoms with Crippen molar-refractivity contribution >= 4 is 23.3 Å². The van der Waals surface area contributed by atoms with Gasteiger partial charge in [-0.15, -0.1) is 0 Å². The van der Waals surface area contributed by atoms with Gasteiger partial charge in [0, 0.05) is 6.54 Å². The lowest BCUT2D eigenvalue weighted by atomic mass is 10.1. The second kappa shape index (κ2) is 8.67. The van der Waals surface area contributed by atoms with Crippen LogP contribution in [-0.4, -0.2) is 30.0 Å². The van der Waals surface area contributed by atoms with E-state index in [9.17, 15) is 9.59 Å². The summed E-state index contributed by atoms with van der Waals surface area (Å²) in [5.41, 5.74) is 1.85. The first kappa shape index (κ1) is 17.5. The first-order valence-corrected chi connectivity index (χ1v) is 7.93. The number of nitrogens with one attached hydrogen (secondary N) is 2. The lowest BCUT2D eigenvalue weighted by Crippen LogP contribution is -2.17. The van der Waals surface area contributed by atoms with Gasteiger partial charge in [0.1, 0.15) is 5.69 Å².